The van der Waals surface area contributed by atoms with Gasteiger partial charge in [-0.25, -0.2) is 8.42 Å². The predicted molar refractivity (Wildman–Crippen MR) is 99.0 cm³/mol. The summed E-state index contributed by atoms with van der Waals surface area (Å²) in [4.78, 5) is 12.2. The second-order valence-electron chi connectivity index (χ2n) is 6.34. The highest BCUT2D eigenvalue weighted by molar-refractivity contribution is 7.92. The Hall–Kier alpha value is -2.41. The molecule has 0 amide bonds. The van der Waals surface area contributed by atoms with Gasteiger partial charge in [0, 0.05) is 23.4 Å². The number of ether oxygens (including phenoxy) is 1. The lowest BCUT2D eigenvalue weighted by Crippen LogP contribution is -2.45. The van der Waals surface area contributed by atoms with Gasteiger partial charge in [-0.2, -0.15) is 4.73 Å². The van der Waals surface area contributed by atoms with Crippen LogP contribution >= 0.6 is 0 Å². The number of pyridine rings is 1. The third kappa shape index (κ3) is 4.22. The van der Waals surface area contributed by atoms with Crippen LogP contribution in [0.5, 0.6) is 0 Å². The summed E-state index contributed by atoms with van der Waals surface area (Å²) < 4.78 is 28.3. The summed E-state index contributed by atoms with van der Waals surface area (Å²) in [5.74, 6) is -0.765. The normalized spacial score (nSPS) is 13.8. The van der Waals surface area contributed by atoms with Crippen LogP contribution in [0.3, 0.4) is 0 Å². The van der Waals surface area contributed by atoms with E-state index >= 15 is 0 Å². The van der Waals surface area contributed by atoms with Crippen LogP contribution in [0.25, 0.3) is 11.3 Å². The van der Waals surface area contributed by atoms with E-state index in [1.807, 2.05) is 30.3 Å². The molecule has 1 heterocycles. The van der Waals surface area contributed by atoms with Crippen LogP contribution in [-0.2, 0) is 25.8 Å². The molecule has 0 radical (unpaired) electrons. The van der Waals surface area contributed by atoms with E-state index in [0.29, 0.717) is 11.3 Å². The van der Waals surface area contributed by atoms with Gasteiger partial charge in [0.05, 0.1) is 6.61 Å². The maximum Gasteiger partial charge on any atom is 0.327 e. The molecule has 26 heavy (non-hydrogen) atoms. The summed E-state index contributed by atoms with van der Waals surface area (Å²) in [6, 6.07) is 12.7. The zero-order chi connectivity index (χ0) is 19.4. The number of hydrogen-bond acceptors (Lipinski definition) is 5. The van der Waals surface area contributed by atoms with Crippen molar-refractivity contribution in [1.29, 1.82) is 0 Å². The molecule has 2 rings (SSSR count). The molecule has 6 nitrogen and oxygen atoms in total. The molecular weight excluding hydrogens is 354 g/mol. The molecule has 2 aromatic rings. The van der Waals surface area contributed by atoms with E-state index < -0.39 is 20.6 Å². The Bertz CT molecular complexity index is 880. The van der Waals surface area contributed by atoms with E-state index in [1.54, 1.807) is 19.1 Å². The Morgan fingerprint density at radius 2 is 1.85 bits per heavy atom. The maximum absolute atomic E-state index is 12.3. The highest BCUT2D eigenvalue weighted by Crippen LogP contribution is 2.25. The van der Waals surface area contributed by atoms with Gasteiger partial charge >= 0.3 is 5.97 Å². The monoisotopic (exact) mass is 377 g/mol. The van der Waals surface area contributed by atoms with Crippen molar-refractivity contribution in [1.82, 2.24) is 0 Å². The van der Waals surface area contributed by atoms with Crippen molar-refractivity contribution in [2.75, 3.05) is 12.9 Å². The predicted octanol–water partition coefficient (Wildman–Crippen LogP) is 2.29. The number of hydrogen-bond donors (Lipinski definition) is 0. The molecule has 7 heteroatoms. The second-order valence-corrected chi connectivity index (χ2v) is 8.78. The first-order valence-electron chi connectivity index (χ1n) is 8.33. The molecule has 0 unspecified atom stereocenters. The number of rotatable bonds is 7. The fraction of sp³-hybridized carbons (Fsp3) is 0.368. The zero-order valence-corrected chi connectivity index (χ0v) is 16.0. The van der Waals surface area contributed by atoms with E-state index in [0.717, 1.165) is 16.5 Å². The van der Waals surface area contributed by atoms with E-state index in [-0.39, 0.29) is 19.4 Å². The molecule has 0 spiro atoms. The summed E-state index contributed by atoms with van der Waals surface area (Å²) in [7, 11) is -3.68. The third-order valence-electron chi connectivity index (χ3n) is 4.46. The molecule has 1 aromatic carbocycles. The van der Waals surface area contributed by atoms with Crippen molar-refractivity contribution in [3.63, 3.8) is 0 Å². The van der Waals surface area contributed by atoms with E-state index in [2.05, 4.69) is 0 Å². The number of carbonyl (C=O) groups excluding carboxylic acids is 1. The smallest absolute Gasteiger partial charge is 0.327 e. The SMILES string of the molecule is CCOC(=O)[C@@](C)(CCc1ccc(-c2ccccc2)[n+]([O-])c1)S(C)(=O)=O. The van der Waals surface area contributed by atoms with Crippen LogP contribution in [0.1, 0.15) is 25.8 Å². The number of nitrogens with zero attached hydrogens (tertiary/aromatic N) is 1. The van der Waals surface area contributed by atoms with E-state index in [1.165, 1.54) is 13.1 Å². The van der Waals surface area contributed by atoms with E-state index in [9.17, 15) is 18.4 Å². The molecule has 0 bridgehead atoms. The molecule has 140 valence electrons. The zero-order valence-electron chi connectivity index (χ0n) is 15.1. The van der Waals surface area contributed by atoms with Crippen LogP contribution in [0.2, 0.25) is 0 Å². The molecular formula is C19H23NO5S. The Balaban J connectivity index is 2.23. The number of aromatic nitrogens is 1. The number of benzene rings is 1. The maximum atomic E-state index is 12.3. The summed E-state index contributed by atoms with van der Waals surface area (Å²) in [6.07, 6.45) is 2.74. The Kier molecular flexibility index (Phi) is 6.02. The number of carbonyl (C=O) groups is 1. The average Bonchev–Trinajstić information content (AvgIpc) is 2.59. The van der Waals surface area contributed by atoms with Crippen molar-refractivity contribution in [3.05, 3.63) is 59.4 Å². The van der Waals surface area contributed by atoms with Crippen LogP contribution < -0.4 is 4.73 Å². The van der Waals surface area contributed by atoms with Crippen molar-refractivity contribution in [3.8, 4) is 11.3 Å². The molecule has 0 aliphatic carbocycles. The highest BCUT2D eigenvalue weighted by Gasteiger charge is 2.44. The summed E-state index contributed by atoms with van der Waals surface area (Å²) in [5.41, 5.74) is 1.95. The lowest BCUT2D eigenvalue weighted by molar-refractivity contribution is -0.594. The van der Waals surface area contributed by atoms with Crippen molar-refractivity contribution >= 4 is 15.8 Å². The first kappa shape index (κ1) is 19.9. The molecule has 0 N–H and O–H groups in total. The molecule has 0 aliphatic heterocycles. The number of esters is 1. The van der Waals surface area contributed by atoms with Crippen molar-refractivity contribution in [2.45, 2.75) is 31.4 Å². The van der Waals surface area contributed by atoms with Gasteiger partial charge in [-0.1, -0.05) is 18.2 Å². The van der Waals surface area contributed by atoms with Gasteiger partial charge in [0.15, 0.2) is 20.8 Å². The van der Waals surface area contributed by atoms with Crippen LogP contribution in [-0.4, -0.2) is 32.0 Å². The van der Waals surface area contributed by atoms with Gasteiger partial charge < -0.3 is 9.94 Å². The average molecular weight is 377 g/mol. The van der Waals surface area contributed by atoms with Gasteiger partial charge in [-0.15, -0.1) is 0 Å². The summed E-state index contributed by atoms with van der Waals surface area (Å²) in [5, 5.41) is 12.3. The lowest BCUT2D eigenvalue weighted by atomic mass is 10.0. The molecule has 0 saturated heterocycles. The van der Waals surface area contributed by atoms with Gasteiger partial charge in [-0.3, -0.25) is 4.79 Å². The lowest BCUT2D eigenvalue weighted by Gasteiger charge is -2.25. The summed E-state index contributed by atoms with van der Waals surface area (Å²) in [6.45, 7) is 3.10. The summed E-state index contributed by atoms with van der Waals surface area (Å²) >= 11 is 0. The molecule has 1 aromatic heterocycles. The fourth-order valence-electron chi connectivity index (χ4n) is 2.61. The topological polar surface area (TPSA) is 87.4 Å². The first-order chi connectivity index (χ1) is 12.2. The van der Waals surface area contributed by atoms with Gasteiger partial charge in [0.25, 0.3) is 0 Å². The molecule has 1 atom stereocenters. The quantitative estimate of drug-likeness (QED) is 0.420. The highest BCUT2D eigenvalue weighted by atomic mass is 32.2. The number of aryl methyl sites for hydroxylation is 1. The van der Waals surface area contributed by atoms with Crippen molar-refractivity contribution < 1.29 is 22.7 Å². The number of sulfone groups is 1. The standard InChI is InChI=1S/C19H23NO5S/c1-4-25-18(21)19(2,26(3,23)24)13-12-15-10-11-17(20(22)14-15)16-8-6-5-7-9-16/h5-11,14H,4,12-13H2,1-3H3/t19-/m1/s1. The molecule has 0 saturated carbocycles. The van der Waals surface area contributed by atoms with E-state index in [4.69, 9.17) is 4.74 Å². The molecule has 0 aliphatic rings. The first-order valence-corrected chi connectivity index (χ1v) is 10.2. The Labute approximate surface area is 153 Å². The minimum absolute atomic E-state index is 0.0371. The van der Waals surface area contributed by atoms with Crippen LogP contribution in [0.15, 0.2) is 48.7 Å². The fourth-order valence-corrected chi connectivity index (χ4v) is 3.44. The molecule has 0 fully saturated rings. The second kappa shape index (κ2) is 7.86. The van der Waals surface area contributed by atoms with Crippen LogP contribution in [0, 0.1) is 5.21 Å². The third-order valence-corrected chi connectivity index (χ3v) is 6.47. The van der Waals surface area contributed by atoms with Gasteiger partial charge in [0.2, 0.25) is 5.69 Å². The minimum atomic E-state index is -3.68. The Morgan fingerprint density at radius 1 is 1.19 bits per heavy atom. The van der Waals surface area contributed by atoms with Crippen molar-refractivity contribution in [2.24, 2.45) is 0 Å². The van der Waals surface area contributed by atoms with Gasteiger partial charge in [-0.05, 0) is 44.9 Å². The Morgan fingerprint density at radius 3 is 2.38 bits per heavy atom. The van der Waals surface area contributed by atoms with Crippen LogP contribution in [0.4, 0.5) is 0 Å². The largest absolute Gasteiger partial charge is 0.618 e. The minimum Gasteiger partial charge on any atom is -0.618 e. The van der Waals surface area contributed by atoms with Gasteiger partial charge in [0.1, 0.15) is 0 Å².